The van der Waals surface area contributed by atoms with Crippen molar-refractivity contribution in [1.29, 1.82) is 0 Å². The Hall–Kier alpha value is -2.54. The zero-order chi connectivity index (χ0) is 17.4. The Labute approximate surface area is 142 Å². The first-order chi connectivity index (χ1) is 11.7. The van der Waals surface area contributed by atoms with Gasteiger partial charge in [0.1, 0.15) is 29.0 Å². The zero-order valence-electron chi connectivity index (χ0n) is 14.5. The molecule has 130 valence electrons. The number of hydrogen-bond donors (Lipinski definition) is 2. The number of nitrogens with one attached hydrogen (secondary N) is 2. The first-order valence-electron chi connectivity index (χ1n) is 7.74. The Morgan fingerprint density at radius 2 is 1.79 bits per heavy atom. The number of nitrogens with zero attached hydrogens (tertiary/aromatic N) is 2. The molecule has 0 aliphatic heterocycles. The number of aromatic nitrogens is 2. The molecule has 2 aromatic rings. The summed E-state index contributed by atoms with van der Waals surface area (Å²) in [6.07, 6.45) is 0.909. The maximum absolute atomic E-state index is 5.38. The minimum Gasteiger partial charge on any atom is -0.497 e. The van der Waals surface area contributed by atoms with Crippen molar-refractivity contribution in [2.24, 2.45) is 0 Å². The molecule has 1 aromatic carbocycles. The second-order valence-corrected chi connectivity index (χ2v) is 5.15. The topological polar surface area (TPSA) is 77.5 Å². The van der Waals surface area contributed by atoms with Crippen LogP contribution in [-0.4, -0.2) is 44.4 Å². The smallest absolute Gasteiger partial charge is 0.142 e. The van der Waals surface area contributed by atoms with Gasteiger partial charge in [-0.25, -0.2) is 9.97 Å². The van der Waals surface area contributed by atoms with Crippen LogP contribution >= 0.6 is 0 Å². The fraction of sp³-hybridized carbons (Fsp3) is 0.412. The molecule has 0 unspecified atom stereocenters. The predicted octanol–water partition coefficient (Wildman–Crippen LogP) is 2.99. The number of benzene rings is 1. The van der Waals surface area contributed by atoms with Crippen molar-refractivity contribution in [2.75, 3.05) is 45.1 Å². The molecule has 0 radical (unpaired) electrons. The quantitative estimate of drug-likeness (QED) is 0.684. The molecule has 2 N–H and O–H groups in total. The molecule has 7 heteroatoms. The van der Waals surface area contributed by atoms with Crippen LogP contribution in [0.5, 0.6) is 11.5 Å². The molecule has 0 spiro atoms. The summed E-state index contributed by atoms with van der Waals surface area (Å²) < 4.78 is 15.7. The third kappa shape index (κ3) is 4.99. The van der Waals surface area contributed by atoms with Gasteiger partial charge in [0.2, 0.25) is 0 Å². The molecule has 0 bridgehead atoms. The monoisotopic (exact) mass is 332 g/mol. The minimum atomic E-state index is 0.677. The first-order valence-corrected chi connectivity index (χ1v) is 7.74. The van der Waals surface area contributed by atoms with Crippen LogP contribution in [0, 0.1) is 6.92 Å². The maximum atomic E-state index is 5.38. The van der Waals surface area contributed by atoms with E-state index in [9.17, 15) is 0 Å². The number of rotatable bonds is 9. The van der Waals surface area contributed by atoms with Gasteiger partial charge in [-0.2, -0.15) is 0 Å². The summed E-state index contributed by atoms with van der Waals surface area (Å²) in [6.45, 7) is 3.35. The summed E-state index contributed by atoms with van der Waals surface area (Å²) in [4.78, 5) is 8.81. The van der Waals surface area contributed by atoms with E-state index in [1.165, 1.54) is 0 Å². The number of ether oxygens (including phenoxy) is 3. The van der Waals surface area contributed by atoms with Gasteiger partial charge in [0.25, 0.3) is 0 Å². The number of anilines is 3. The summed E-state index contributed by atoms with van der Waals surface area (Å²) in [7, 11) is 4.95. The van der Waals surface area contributed by atoms with Crippen LogP contribution < -0.4 is 20.1 Å². The highest BCUT2D eigenvalue weighted by Gasteiger charge is 2.08. The molecular weight excluding hydrogens is 308 g/mol. The number of methoxy groups -OCH3 is 3. The molecule has 7 nitrogen and oxygen atoms in total. The Balaban J connectivity index is 2.15. The lowest BCUT2D eigenvalue weighted by molar-refractivity contribution is 0.198. The van der Waals surface area contributed by atoms with Gasteiger partial charge in [-0.05, 0) is 25.5 Å². The molecule has 24 heavy (non-hydrogen) atoms. The van der Waals surface area contributed by atoms with E-state index >= 15 is 0 Å². The Morgan fingerprint density at radius 1 is 1.00 bits per heavy atom. The van der Waals surface area contributed by atoms with E-state index in [4.69, 9.17) is 14.2 Å². The van der Waals surface area contributed by atoms with Crippen LogP contribution in [0.25, 0.3) is 0 Å². The Morgan fingerprint density at radius 3 is 2.50 bits per heavy atom. The summed E-state index contributed by atoms with van der Waals surface area (Å²) in [5, 5.41) is 6.53. The van der Waals surface area contributed by atoms with Crippen molar-refractivity contribution in [2.45, 2.75) is 13.3 Å². The molecule has 1 heterocycles. The lowest BCUT2D eigenvalue weighted by Gasteiger charge is -2.13. The average molecular weight is 332 g/mol. The van der Waals surface area contributed by atoms with Crippen molar-refractivity contribution in [3.63, 3.8) is 0 Å². The molecular formula is C17H24N4O3. The van der Waals surface area contributed by atoms with Gasteiger partial charge in [0, 0.05) is 32.4 Å². The van der Waals surface area contributed by atoms with E-state index in [2.05, 4.69) is 20.6 Å². The fourth-order valence-corrected chi connectivity index (χ4v) is 2.20. The van der Waals surface area contributed by atoms with Crippen molar-refractivity contribution < 1.29 is 14.2 Å². The highest BCUT2D eigenvalue weighted by molar-refractivity contribution is 5.67. The third-order valence-corrected chi connectivity index (χ3v) is 3.34. The van der Waals surface area contributed by atoms with Crippen molar-refractivity contribution in [3.8, 4) is 11.5 Å². The fourth-order valence-electron chi connectivity index (χ4n) is 2.20. The second kappa shape index (κ2) is 8.93. The first kappa shape index (κ1) is 17.8. The van der Waals surface area contributed by atoms with E-state index in [1.54, 1.807) is 21.3 Å². The molecule has 0 atom stereocenters. The van der Waals surface area contributed by atoms with Crippen LogP contribution in [-0.2, 0) is 4.74 Å². The summed E-state index contributed by atoms with van der Waals surface area (Å²) >= 11 is 0. The highest BCUT2D eigenvalue weighted by atomic mass is 16.5. The van der Waals surface area contributed by atoms with Gasteiger partial charge >= 0.3 is 0 Å². The van der Waals surface area contributed by atoms with Crippen molar-refractivity contribution >= 4 is 17.3 Å². The lowest BCUT2D eigenvalue weighted by Crippen LogP contribution is -2.08. The van der Waals surface area contributed by atoms with Crippen LogP contribution in [0.4, 0.5) is 17.3 Å². The van der Waals surface area contributed by atoms with Crippen molar-refractivity contribution in [3.05, 3.63) is 30.1 Å². The molecule has 0 amide bonds. The molecule has 0 saturated heterocycles. The van der Waals surface area contributed by atoms with Gasteiger partial charge in [0.05, 0.1) is 19.9 Å². The van der Waals surface area contributed by atoms with Crippen LogP contribution in [0.15, 0.2) is 24.3 Å². The molecule has 0 fully saturated rings. The summed E-state index contributed by atoms with van der Waals surface area (Å²) in [6, 6.07) is 7.41. The number of aryl methyl sites for hydroxylation is 1. The van der Waals surface area contributed by atoms with E-state index in [0.717, 1.165) is 30.2 Å². The minimum absolute atomic E-state index is 0.677. The number of hydrogen-bond acceptors (Lipinski definition) is 7. The predicted molar refractivity (Wildman–Crippen MR) is 94.6 cm³/mol. The van der Waals surface area contributed by atoms with Crippen LogP contribution in [0.3, 0.4) is 0 Å². The van der Waals surface area contributed by atoms with E-state index in [0.29, 0.717) is 24.0 Å². The normalized spacial score (nSPS) is 10.3. The molecule has 0 saturated carbocycles. The molecule has 0 aliphatic rings. The Bertz CT molecular complexity index is 664. The highest BCUT2D eigenvalue weighted by Crippen LogP contribution is 2.31. The van der Waals surface area contributed by atoms with E-state index in [-0.39, 0.29) is 0 Å². The maximum Gasteiger partial charge on any atom is 0.142 e. The van der Waals surface area contributed by atoms with Crippen LogP contribution in [0.2, 0.25) is 0 Å². The van der Waals surface area contributed by atoms with Gasteiger partial charge in [-0.15, -0.1) is 0 Å². The zero-order valence-corrected chi connectivity index (χ0v) is 14.5. The third-order valence-electron chi connectivity index (χ3n) is 3.34. The SMILES string of the molecule is COCCCNc1cc(Nc2cc(OC)ccc2OC)nc(C)n1. The lowest BCUT2D eigenvalue weighted by atomic mass is 10.2. The average Bonchev–Trinajstić information content (AvgIpc) is 2.58. The van der Waals surface area contributed by atoms with Gasteiger partial charge in [0.15, 0.2) is 0 Å². The second-order valence-electron chi connectivity index (χ2n) is 5.15. The summed E-state index contributed by atoms with van der Waals surface area (Å²) in [5.41, 5.74) is 0.778. The van der Waals surface area contributed by atoms with Crippen molar-refractivity contribution in [1.82, 2.24) is 9.97 Å². The largest absolute Gasteiger partial charge is 0.497 e. The Kier molecular flexibility index (Phi) is 6.62. The van der Waals surface area contributed by atoms with Gasteiger partial charge < -0.3 is 24.8 Å². The molecule has 2 rings (SSSR count). The van der Waals surface area contributed by atoms with E-state index in [1.807, 2.05) is 31.2 Å². The summed E-state index contributed by atoms with van der Waals surface area (Å²) in [5.74, 6) is 3.58. The standard InChI is InChI=1S/C17H24N4O3/c1-12-19-16(18-8-5-9-22-2)11-17(20-12)21-14-10-13(23-3)6-7-15(14)24-4/h6-7,10-11H,5,8-9H2,1-4H3,(H2,18,19,20,21). The van der Waals surface area contributed by atoms with E-state index < -0.39 is 0 Å². The van der Waals surface area contributed by atoms with Crippen LogP contribution in [0.1, 0.15) is 12.2 Å². The van der Waals surface area contributed by atoms with Gasteiger partial charge in [-0.3, -0.25) is 0 Å². The molecule has 0 aliphatic carbocycles. The van der Waals surface area contributed by atoms with Gasteiger partial charge in [-0.1, -0.05) is 0 Å². The molecule has 1 aromatic heterocycles.